The van der Waals surface area contributed by atoms with Crippen LogP contribution in [-0.4, -0.2) is 32.4 Å². The summed E-state index contributed by atoms with van der Waals surface area (Å²) in [6.07, 6.45) is 1.91. The van der Waals surface area contributed by atoms with Gasteiger partial charge in [-0.15, -0.1) is 0 Å². The smallest absolute Gasteiger partial charge is 0.399 e. The van der Waals surface area contributed by atoms with Crippen molar-refractivity contribution >= 4 is 29.9 Å². The molecule has 0 radical (unpaired) electrons. The Morgan fingerprint density at radius 2 is 1.46 bits per heavy atom. The average molecular weight is 374 g/mol. The van der Waals surface area contributed by atoms with Crippen molar-refractivity contribution in [1.29, 1.82) is 5.26 Å². The highest BCUT2D eigenvalue weighted by atomic mass is 16.7. The van der Waals surface area contributed by atoms with Crippen molar-refractivity contribution in [3.05, 3.63) is 59.7 Å². The predicted octanol–water partition coefficient (Wildman–Crippen LogP) is 4.12. The van der Waals surface area contributed by atoms with Gasteiger partial charge in [-0.3, -0.25) is 0 Å². The summed E-state index contributed by atoms with van der Waals surface area (Å²) in [5.41, 5.74) is 3.84. The summed E-state index contributed by atoms with van der Waals surface area (Å²) in [6, 6.07) is 18.3. The topological polar surface area (TPSA) is 45.5 Å². The van der Waals surface area contributed by atoms with E-state index in [2.05, 4.69) is 6.07 Å². The summed E-state index contributed by atoms with van der Waals surface area (Å²) in [6.45, 7) is 8.16. The monoisotopic (exact) mass is 374 g/mol. The molecule has 4 nitrogen and oxygen atoms in total. The lowest BCUT2D eigenvalue weighted by molar-refractivity contribution is 0.00578. The third-order valence-electron chi connectivity index (χ3n) is 5.59. The van der Waals surface area contributed by atoms with Crippen molar-refractivity contribution in [1.82, 2.24) is 0 Å². The SMILES string of the molecule is CN(C)c1ccc(/C=C(\C#N)c2ccc(B3OC(C)(C)C(C)(C)O3)cc2)cc1. The molecule has 0 N–H and O–H groups in total. The second kappa shape index (κ2) is 7.46. The normalized spacial score (nSPS) is 18.0. The first-order valence-electron chi connectivity index (χ1n) is 9.48. The molecule has 0 saturated carbocycles. The highest BCUT2D eigenvalue weighted by molar-refractivity contribution is 6.62. The van der Waals surface area contributed by atoms with Crippen LogP contribution in [0, 0.1) is 11.3 Å². The molecule has 0 atom stereocenters. The van der Waals surface area contributed by atoms with Crippen LogP contribution < -0.4 is 10.4 Å². The molecule has 5 heteroatoms. The Morgan fingerprint density at radius 3 is 1.93 bits per heavy atom. The van der Waals surface area contributed by atoms with Crippen LogP contribution in [0.5, 0.6) is 0 Å². The van der Waals surface area contributed by atoms with Crippen LogP contribution in [0.1, 0.15) is 38.8 Å². The van der Waals surface area contributed by atoms with E-state index < -0.39 is 7.12 Å². The van der Waals surface area contributed by atoms with E-state index >= 15 is 0 Å². The van der Waals surface area contributed by atoms with Crippen LogP contribution >= 0.6 is 0 Å². The minimum absolute atomic E-state index is 0.368. The molecule has 1 heterocycles. The fourth-order valence-electron chi connectivity index (χ4n) is 3.01. The second-order valence-electron chi connectivity index (χ2n) is 8.37. The first-order valence-corrected chi connectivity index (χ1v) is 9.48. The van der Waals surface area contributed by atoms with Crippen LogP contribution in [0.15, 0.2) is 48.5 Å². The zero-order valence-corrected chi connectivity index (χ0v) is 17.5. The first-order chi connectivity index (χ1) is 13.1. The van der Waals surface area contributed by atoms with Crippen LogP contribution in [0.25, 0.3) is 11.6 Å². The van der Waals surface area contributed by atoms with Gasteiger partial charge in [0.25, 0.3) is 0 Å². The van der Waals surface area contributed by atoms with E-state index in [0.717, 1.165) is 22.3 Å². The molecule has 2 aromatic carbocycles. The average Bonchev–Trinajstić information content (AvgIpc) is 2.87. The molecule has 1 fully saturated rings. The van der Waals surface area contributed by atoms with Gasteiger partial charge < -0.3 is 14.2 Å². The summed E-state index contributed by atoms with van der Waals surface area (Å²) in [7, 11) is 3.62. The highest BCUT2D eigenvalue weighted by Crippen LogP contribution is 2.36. The lowest BCUT2D eigenvalue weighted by Gasteiger charge is -2.32. The van der Waals surface area contributed by atoms with Gasteiger partial charge in [-0.1, -0.05) is 36.4 Å². The molecule has 144 valence electrons. The Labute approximate surface area is 168 Å². The van der Waals surface area contributed by atoms with E-state index in [4.69, 9.17) is 9.31 Å². The maximum atomic E-state index is 9.63. The second-order valence-corrected chi connectivity index (χ2v) is 8.37. The summed E-state index contributed by atoms with van der Waals surface area (Å²) in [5, 5.41) is 9.63. The fraction of sp³-hybridized carbons (Fsp3) is 0.348. The van der Waals surface area contributed by atoms with Gasteiger partial charge in [0.05, 0.1) is 22.8 Å². The molecular formula is C23H27BN2O2. The van der Waals surface area contributed by atoms with Gasteiger partial charge in [-0.05, 0) is 62.5 Å². The van der Waals surface area contributed by atoms with Gasteiger partial charge in [0.1, 0.15) is 0 Å². The number of nitriles is 1. The molecule has 28 heavy (non-hydrogen) atoms. The van der Waals surface area contributed by atoms with Crippen LogP contribution in [0.3, 0.4) is 0 Å². The number of hydrogen-bond acceptors (Lipinski definition) is 4. The largest absolute Gasteiger partial charge is 0.494 e. The number of nitrogens with zero attached hydrogens (tertiary/aromatic N) is 2. The van der Waals surface area contributed by atoms with Crippen LogP contribution in [-0.2, 0) is 9.31 Å². The van der Waals surface area contributed by atoms with E-state index in [0.29, 0.717) is 5.57 Å². The number of allylic oxidation sites excluding steroid dienone is 1. The van der Waals surface area contributed by atoms with Gasteiger partial charge in [0, 0.05) is 19.8 Å². The van der Waals surface area contributed by atoms with Gasteiger partial charge in [-0.2, -0.15) is 5.26 Å². The van der Waals surface area contributed by atoms with Gasteiger partial charge in [0.2, 0.25) is 0 Å². The van der Waals surface area contributed by atoms with Crippen molar-refractivity contribution < 1.29 is 9.31 Å². The fourth-order valence-corrected chi connectivity index (χ4v) is 3.01. The Hall–Kier alpha value is -2.55. The third-order valence-corrected chi connectivity index (χ3v) is 5.59. The Kier molecular flexibility index (Phi) is 5.38. The van der Waals surface area contributed by atoms with Gasteiger partial charge >= 0.3 is 7.12 Å². The molecule has 1 aliphatic rings. The molecule has 0 unspecified atom stereocenters. The maximum absolute atomic E-state index is 9.63. The molecule has 1 aliphatic heterocycles. The lowest BCUT2D eigenvalue weighted by Crippen LogP contribution is -2.41. The molecule has 0 spiro atoms. The van der Waals surface area contributed by atoms with E-state index in [1.165, 1.54) is 0 Å². The number of benzene rings is 2. The third kappa shape index (κ3) is 3.99. The van der Waals surface area contributed by atoms with E-state index in [-0.39, 0.29) is 11.2 Å². The van der Waals surface area contributed by atoms with Gasteiger partial charge in [-0.25, -0.2) is 0 Å². The number of hydrogen-bond donors (Lipinski definition) is 0. The standard InChI is InChI=1S/C23H27BN2O2/c1-22(2)23(3,4)28-24(27-22)20-11-9-18(10-12-20)19(16-25)15-17-7-13-21(14-8-17)26(5)6/h7-15H,1-6H3/b19-15+. The minimum atomic E-state index is -0.396. The molecule has 2 aromatic rings. The van der Waals surface area contributed by atoms with Crippen molar-refractivity contribution in [2.45, 2.75) is 38.9 Å². The Morgan fingerprint density at radius 1 is 0.929 bits per heavy atom. The highest BCUT2D eigenvalue weighted by Gasteiger charge is 2.51. The Balaban J connectivity index is 1.81. The van der Waals surface area contributed by atoms with Crippen molar-refractivity contribution in [2.75, 3.05) is 19.0 Å². The summed E-state index contributed by atoms with van der Waals surface area (Å²) < 4.78 is 12.2. The van der Waals surface area contributed by atoms with Crippen molar-refractivity contribution in [2.24, 2.45) is 0 Å². The summed E-state index contributed by atoms with van der Waals surface area (Å²) in [5.74, 6) is 0. The number of anilines is 1. The van der Waals surface area contributed by atoms with Crippen LogP contribution in [0.2, 0.25) is 0 Å². The zero-order chi connectivity index (χ0) is 20.5. The van der Waals surface area contributed by atoms with E-state index in [1.54, 1.807) is 0 Å². The van der Waals surface area contributed by atoms with E-state index in [9.17, 15) is 5.26 Å². The molecule has 0 amide bonds. The Bertz CT molecular complexity index is 891. The van der Waals surface area contributed by atoms with Gasteiger partial charge in [0.15, 0.2) is 0 Å². The molecular weight excluding hydrogens is 347 g/mol. The number of rotatable bonds is 4. The summed E-state index contributed by atoms with van der Waals surface area (Å²) >= 11 is 0. The molecule has 3 rings (SSSR count). The van der Waals surface area contributed by atoms with E-state index in [1.807, 2.05) is 101 Å². The molecule has 0 aromatic heterocycles. The molecule has 0 aliphatic carbocycles. The lowest BCUT2D eigenvalue weighted by atomic mass is 9.78. The first kappa shape index (κ1) is 20.2. The van der Waals surface area contributed by atoms with Crippen molar-refractivity contribution in [3.8, 4) is 6.07 Å². The van der Waals surface area contributed by atoms with Crippen molar-refractivity contribution in [3.63, 3.8) is 0 Å². The summed E-state index contributed by atoms with van der Waals surface area (Å²) in [4.78, 5) is 2.05. The minimum Gasteiger partial charge on any atom is -0.399 e. The molecule has 1 saturated heterocycles. The quantitative estimate of drug-likeness (QED) is 0.459. The van der Waals surface area contributed by atoms with Crippen LogP contribution in [0.4, 0.5) is 5.69 Å². The predicted molar refractivity (Wildman–Crippen MR) is 116 cm³/mol. The maximum Gasteiger partial charge on any atom is 0.494 e. The zero-order valence-electron chi connectivity index (χ0n) is 17.5. The molecule has 0 bridgehead atoms.